The highest BCUT2D eigenvalue weighted by molar-refractivity contribution is 5.70. The van der Waals surface area contributed by atoms with Crippen LogP contribution in [0.25, 0.3) is 0 Å². The smallest absolute Gasteiger partial charge is 0.497 e. The van der Waals surface area contributed by atoms with E-state index in [1.54, 1.807) is 18.2 Å². The van der Waals surface area contributed by atoms with Crippen molar-refractivity contribution in [2.75, 3.05) is 20.8 Å². The van der Waals surface area contributed by atoms with Gasteiger partial charge in [0, 0.05) is 18.2 Å². The summed E-state index contributed by atoms with van der Waals surface area (Å²) in [6.45, 7) is 0.485. The number of hydrogen-bond acceptors (Lipinski definition) is 5. The molecular formula is C19H18F3NO5. The van der Waals surface area contributed by atoms with Crippen molar-refractivity contribution >= 4 is 6.09 Å². The van der Waals surface area contributed by atoms with Crippen molar-refractivity contribution in [1.82, 2.24) is 4.90 Å². The summed E-state index contributed by atoms with van der Waals surface area (Å²) in [5.74, 6) is 0.829. The highest BCUT2D eigenvalue weighted by Gasteiger charge is 2.33. The van der Waals surface area contributed by atoms with Crippen LogP contribution in [0.2, 0.25) is 0 Å². The number of ether oxygens (including phenoxy) is 4. The van der Waals surface area contributed by atoms with Crippen molar-refractivity contribution < 1.29 is 36.9 Å². The monoisotopic (exact) mass is 397 g/mol. The van der Waals surface area contributed by atoms with E-state index in [0.717, 1.165) is 5.56 Å². The number of benzene rings is 2. The summed E-state index contributed by atoms with van der Waals surface area (Å²) < 4.78 is 56.4. The summed E-state index contributed by atoms with van der Waals surface area (Å²) >= 11 is 0. The molecule has 0 radical (unpaired) electrons. The summed E-state index contributed by atoms with van der Waals surface area (Å²) in [6, 6.07) is 10.6. The summed E-state index contributed by atoms with van der Waals surface area (Å²) in [6.07, 6.45) is -5.77. The Bertz CT molecular complexity index is 816. The molecule has 6 nitrogen and oxygen atoms in total. The van der Waals surface area contributed by atoms with Crippen molar-refractivity contribution in [1.29, 1.82) is 0 Å². The Hall–Kier alpha value is -3.10. The molecule has 3 rings (SSSR count). The third-order valence-electron chi connectivity index (χ3n) is 4.16. The highest BCUT2D eigenvalue weighted by Crippen LogP contribution is 2.33. The third-order valence-corrected chi connectivity index (χ3v) is 4.16. The summed E-state index contributed by atoms with van der Waals surface area (Å²) in [4.78, 5) is 13.7. The fourth-order valence-electron chi connectivity index (χ4n) is 2.84. The number of hydrogen-bond donors (Lipinski definition) is 0. The van der Waals surface area contributed by atoms with Crippen molar-refractivity contribution in [2.24, 2.45) is 0 Å². The van der Waals surface area contributed by atoms with E-state index in [9.17, 15) is 18.0 Å². The number of methoxy groups -OCH3 is 2. The Kier molecular flexibility index (Phi) is 5.53. The van der Waals surface area contributed by atoms with E-state index >= 15 is 0 Å². The number of alkyl halides is 3. The number of rotatable bonds is 6. The van der Waals surface area contributed by atoms with Crippen LogP contribution in [-0.4, -0.2) is 38.1 Å². The number of carbonyl (C=O) groups is 1. The van der Waals surface area contributed by atoms with Gasteiger partial charge in [-0.2, -0.15) is 0 Å². The molecule has 1 fully saturated rings. The Labute approximate surface area is 159 Å². The molecule has 0 aromatic heterocycles. The van der Waals surface area contributed by atoms with Gasteiger partial charge in [0.2, 0.25) is 0 Å². The molecule has 1 unspecified atom stereocenters. The van der Waals surface area contributed by atoms with Gasteiger partial charge in [0.1, 0.15) is 23.4 Å². The Morgan fingerprint density at radius 1 is 1.04 bits per heavy atom. The second kappa shape index (κ2) is 7.87. The van der Waals surface area contributed by atoms with Crippen molar-refractivity contribution in [3.63, 3.8) is 0 Å². The predicted octanol–water partition coefficient (Wildman–Crippen LogP) is 4.30. The maximum atomic E-state index is 12.2. The third kappa shape index (κ3) is 4.79. The van der Waals surface area contributed by atoms with Crippen LogP contribution in [0.4, 0.5) is 18.0 Å². The lowest BCUT2D eigenvalue weighted by Gasteiger charge is -2.14. The van der Waals surface area contributed by atoms with Crippen LogP contribution < -0.4 is 14.2 Å². The number of cyclic esters (lactones) is 1. The van der Waals surface area contributed by atoms with E-state index in [1.165, 1.54) is 43.4 Å². The molecule has 0 spiro atoms. The SMILES string of the molecule is COc1cc(OC)cc(C2CN(Cc3ccc(OC(F)(F)F)cc3)C(=O)O2)c1. The van der Waals surface area contributed by atoms with Crippen molar-refractivity contribution in [2.45, 2.75) is 19.0 Å². The molecule has 1 saturated heterocycles. The minimum Gasteiger partial charge on any atom is -0.497 e. The molecule has 0 bridgehead atoms. The van der Waals surface area contributed by atoms with Gasteiger partial charge in [-0.1, -0.05) is 12.1 Å². The first-order chi connectivity index (χ1) is 13.3. The van der Waals surface area contributed by atoms with Crippen LogP contribution in [-0.2, 0) is 11.3 Å². The second-order valence-corrected chi connectivity index (χ2v) is 6.09. The molecule has 28 heavy (non-hydrogen) atoms. The lowest BCUT2D eigenvalue weighted by Crippen LogP contribution is -2.23. The van der Waals surface area contributed by atoms with E-state index in [2.05, 4.69) is 4.74 Å². The lowest BCUT2D eigenvalue weighted by molar-refractivity contribution is -0.274. The standard InChI is InChI=1S/C19H18F3NO5/c1-25-15-7-13(8-16(9-15)26-2)17-11-23(18(24)27-17)10-12-3-5-14(6-4-12)28-19(20,21)22/h3-9,17H,10-11H2,1-2H3. The van der Waals surface area contributed by atoms with E-state index < -0.39 is 18.6 Å². The molecule has 0 N–H and O–H groups in total. The molecule has 0 saturated carbocycles. The molecule has 1 atom stereocenters. The van der Waals surface area contributed by atoms with Crippen molar-refractivity contribution in [3.05, 3.63) is 53.6 Å². The molecule has 2 aromatic carbocycles. The quantitative estimate of drug-likeness (QED) is 0.728. The highest BCUT2D eigenvalue weighted by atomic mass is 19.4. The van der Waals surface area contributed by atoms with Crippen LogP contribution in [0.5, 0.6) is 17.2 Å². The first-order valence-electron chi connectivity index (χ1n) is 8.30. The van der Waals surface area contributed by atoms with Gasteiger partial charge in [0.15, 0.2) is 0 Å². The first kappa shape index (κ1) is 19.7. The Morgan fingerprint density at radius 2 is 1.64 bits per heavy atom. The fraction of sp³-hybridized carbons (Fsp3) is 0.316. The zero-order chi connectivity index (χ0) is 20.3. The first-order valence-corrected chi connectivity index (χ1v) is 8.30. The van der Waals surface area contributed by atoms with Gasteiger partial charge in [-0.3, -0.25) is 4.90 Å². The van der Waals surface area contributed by atoms with E-state index in [1.807, 2.05) is 0 Å². The molecule has 1 heterocycles. The maximum Gasteiger partial charge on any atom is 0.573 e. The maximum absolute atomic E-state index is 12.2. The number of nitrogens with zero attached hydrogens (tertiary/aromatic N) is 1. The number of halogens is 3. The number of carbonyl (C=O) groups excluding carboxylic acids is 1. The molecule has 1 aliphatic heterocycles. The van der Waals surface area contributed by atoms with Gasteiger partial charge in [0.05, 0.1) is 20.8 Å². The van der Waals surface area contributed by atoms with E-state index in [0.29, 0.717) is 17.1 Å². The number of amides is 1. The predicted molar refractivity (Wildman–Crippen MR) is 92.3 cm³/mol. The Morgan fingerprint density at radius 3 is 2.18 bits per heavy atom. The van der Waals surface area contributed by atoms with Crippen LogP contribution in [0.3, 0.4) is 0 Å². The molecule has 150 valence electrons. The normalized spacial score (nSPS) is 16.7. The average molecular weight is 397 g/mol. The molecule has 0 aliphatic carbocycles. The molecule has 2 aromatic rings. The van der Waals surface area contributed by atoms with Crippen LogP contribution in [0, 0.1) is 0 Å². The van der Waals surface area contributed by atoms with Gasteiger partial charge in [-0.25, -0.2) is 4.79 Å². The topological polar surface area (TPSA) is 57.2 Å². The average Bonchev–Trinajstić information content (AvgIpc) is 3.02. The van der Waals surface area contributed by atoms with Crippen LogP contribution in [0.15, 0.2) is 42.5 Å². The lowest BCUT2D eigenvalue weighted by atomic mass is 10.1. The summed E-state index contributed by atoms with van der Waals surface area (Å²) in [7, 11) is 3.05. The zero-order valence-corrected chi connectivity index (χ0v) is 15.2. The fourth-order valence-corrected chi connectivity index (χ4v) is 2.84. The van der Waals surface area contributed by atoms with Crippen LogP contribution >= 0.6 is 0 Å². The zero-order valence-electron chi connectivity index (χ0n) is 15.2. The van der Waals surface area contributed by atoms with E-state index in [4.69, 9.17) is 14.2 Å². The molecule has 1 amide bonds. The van der Waals surface area contributed by atoms with E-state index in [-0.39, 0.29) is 18.8 Å². The largest absolute Gasteiger partial charge is 0.573 e. The second-order valence-electron chi connectivity index (χ2n) is 6.09. The minimum atomic E-state index is -4.74. The van der Waals surface area contributed by atoms with Crippen molar-refractivity contribution in [3.8, 4) is 17.2 Å². The summed E-state index contributed by atoms with van der Waals surface area (Å²) in [5.41, 5.74) is 1.37. The molecular weight excluding hydrogens is 379 g/mol. The van der Waals surface area contributed by atoms with Crippen LogP contribution in [0.1, 0.15) is 17.2 Å². The van der Waals surface area contributed by atoms with Gasteiger partial charge >= 0.3 is 12.5 Å². The molecule has 1 aliphatic rings. The van der Waals surface area contributed by atoms with Gasteiger partial charge in [-0.15, -0.1) is 13.2 Å². The van der Waals surface area contributed by atoms with Gasteiger partial charge in [-0.05, 0) is 29.8 Å². The Balaban J connectivity index is 1.68. The molecule has 9 heteroatoms. The minimum absolute atomic E-state index is 0.197. The summed E-state index contributed by atoms with van der Waals surface area (Å²) in [5, 5.41) is 0. The van der Waals surface area contributed by atoms with Gasteiger partial charge < -0.3 is 18.9 Å². The van der Waals surface area contributed by atoms with Gasteiger partial charge in [0.25, 0.3) is 0 Å².